The molecule has 234 valence electrons. The Hall–Kier alpha value is -4.30. The van der Waals surface area contributed by atoms with Crippen molar-refractivity contribution >= 4 is 59.5 Å². The van der Waals surface area contributed by atoms with Gasteiger partial charge >= 0.3 is 0 Å². The third kappa shape index (κ3) is 7.91. The number of nitrogens with one attached hydrogen (secondary N) is 2. The number of anilines is 2. The van der Waals surface area contributed by atoms with Crippen LogP contribution in [0.4, 0.5) is 15.9 Å². The fourth-order valence-electron chi connectivity index (χ4n) is 4.66. The van der Waals surface area contributed by atoms with E-state index in [1.165, 1.54) is 30.7 Å². The van der Waals surface area contributed by atoms with Crippen molar-refractivity contribution in [3.8, 4) is 17.0 Å². The SMILES string of the molecule is O=S(=O)(CCNCCc1nc(-c2ccc3ncnc(Nc4ccc(OCc5cccc(F)c5)c(Br)c4)c3c2)cs1)c1ccccn1. The highest BCUT2D eigenvalue weighted by atomic mass is 79.9. The molecule has 46 heavy (non-hydrogen) atoms. The number of aromatic nitrogens is 4. The Morgan fingerprint density at radius 1 is 0.935 bits per heavy atom. The van der Waals surface area contributed by atoms with Gasteiger partial charge in [-0.3, -0.25) is 0 Å². The van der Waals surface area contributed by atoms with Gasteiger partial charge in [-0.25, -0.2) is 32.7 Å². The van der Waals surface area contributed by atoms with Crippen LogP contribution in [0, 0.1) is 5.82 Å². The lowest BCUT2D eigenvalue weighted by Gasteiger charge is -2.12. The Labute approximate surface area is 278 Å². The summed E-state index contributed by atoms with van der Waals surface area (Å²) in [6.45, 7) is 1.18. The molecule has 0 aliphatic carbocycles. The van der Waals surface area contributed by atoms with Crippen LogP contribution < -0.4 is 15.4 Å². The molecule has 0 amide bonds. The summed E-state index contributed by atoms with van der Waals surface area (Å²) in [5.41, 5.74) is 4.11. The number of halogens is 2. The van der Waals surface area contributed by atoms with E-state index in [0.29, 0.717) is 31.1 Å². The highest BCUT2D eigenvalue weighted by molar-refractivity contribution is 9.10. The topological polar surface area (TPSA) is 119 Å². The van der Waals surface area contributed by atoms with Crippen molar-refractivity contribution in [3.63, 3.8) is 0 Å². The molecular formula is C33H28BrFN6O3S2. The fourth-order valence-corrected chi connectivity index (χ4v) is 7.09. The number of pyridine rings is 1. The number of hydrogen-bond acceptors (Lipinski definition) is 10. The van der Waals surface area contributed by atoms with Crippen LogP contribution in [-0.2, 0) is 22.9 Å². The summed E-state index contributed by atoms with van der Waals surface area (Å²) in [7, 11) is -3.42. The minimum Gasteiger partial charge on any atom is -0.488 e. The largest absolute Gasteiger partial charge is 0.488 e. The highest BCUT2D eigenvalue weighted by Gasteiger charge is 2.15. The number of sulfone groups is 1. The molecule has 3 aromatic heterocycles. The molecule has 0 aliphatic heterocycles. The van der Waals surface area contributed by atoms with Gasteiger partial charge in [-0.05, 0) is 76.1 Å². The number of hydrogen-bond donors (Lipinski definition) is 2. The van der Waals surface area contributed by atoms with Gasteiger partial charge in [-0.15, -0.1) is 11.3 Å². The van der Waals surface area contributed by atoms with Gasteiger partial charge in [0.05, 0.1) is 26.4 Å². The zero-order chi connectivity index (χ0) is 31.9. The second-order valence-corrected chi connectivity index (χ2v) is 14.1. The van der Waals surface area contributed by atoms with Crippen LogP contribution in [0.3, 0.4) is 0 Å². The lowest BCUT2D eigenvalue weighted by molar-refractivity contribution is 0.303. The van der Waals surface area contributed by atoms with Crippen LogP contribution in [0.25, 0.3) is 22.2 Å². The molecule has 6 rings (SSSR count). The first kappa shape index (κ1) is 31.7. The van der Waals surface area contributed by atoms with Crippen LogP contribution in [0.15, 0.2) is 106 Å². The molecule has 0 saturated heterocycles. The van der Waals surface area contributed by atoms with Gasteiger partial charge in [0.15, 0.2) is 14.9 Å². The predicted molar refractivity (Wildman–Crippen MR) is 182 cm³/mol. The van der Waals surface area contributed by atoms with Crippen molar-refractivity contribution < 1.29 is 17.5 Å². The second-order valence-electron chi connectivity index (χ2n) is 10.3. The summed E-state index contributed by atoms with van der Waals surface area (Å²) < 4.78 is 44.9. The molecule has 0 fully saturated rings. The Balaban J connectivity index is 1.08. The number of benzene rings is 3. The summed E-state index contributed by atoms with van der Waals surface area (Å²) in [5, 5.41) is 10.5. The molecule has 0 radical (unpaired) electrons. The Morgan fingerprint density at radius 3 is 2.67 bits per heavy atom. The van der Waals surface area contributed by atoms with E-state index in [2.05, 4.69) is 41.5 Å². The molecule has 2 N–H and O–H groups in total. The number of ether oxygens (including phenoxy) is 1. The molecule has 3 heterocycles. The van der Waals surface area contributed by atoms with Gasteiger partial charge in [-0.2, -0.15) is 0 Å². The molecule has 0 spiro atoms. The molecule has 6 aromatic rings. The van der Waals surface area contributed by atoms with Gasteiger partial charge < -0.3 is 15.4 Å². The quantitative estimate of drug-likeness (QED) is 0.122. The maximum Gasteiger partial charge on any atom is 0.196 e. The van der Waals surface area contributed by atoms with Crippen LogP contribution in [0.1, 0.15) is 10.6 Å². The number of nitrogens with zero attached hydrogens (tertiary/aromatic N) is 4. The van der Waals surface area contributed by atoms with Gasteiger partial charge in [0.1, 0.15) is 30.3 Å². The molecule has 0 unspecified atom stereocenters. The van der Waals surface area contributed by atoms with E-state index in [9.17, 15) is 12.8 Å². The van der Waals surface area contributed by atoms with Crippen molar-refractivity contribution in [3.05, 3.63) is 118 Å². The average molecular weight is 720 g/mol. The number of thiazole rings is 1. The molecule has 9 nitrogen and oxygen atoms in total. The first-order chi connectivity index (χ1) is 22.3. The van der Waals surface area contributed by atoms with Gasteiger partial charge in [0, 0.05) is 47.7 Å². The zero-order valence-corrected chi connectivity index (χ0v) is 27.6. The molecule has 13 heteroatoms. The third-order valence-electron chi connectivity index (χ3n) is 6.98. The monoisotopic (exact) mass is 718 g/mol. The summed E-state index contributed by atoms with van der Waals surface area (Å²) >= 11 is 5.14. The minimum atomic E-state index is -3.42. The van der Waals surface area contributed by atoms with Crippen molar-refractivity contribution in [1.29, 1.82) is 0 Å². The number of rotatable bonds is 13. The van der Waals surface area contributed by atoms with Gasteiger partial charge in [0.25, 0.3) is 0 Å². The lowest BCUT2D eigenvalue weighted by atomic mass is 10.1. The summed E-state index contributed by atoms with van der Waals surface area (Å²) in [6, 6.07) is 22.8. The van der Waals surface area contributed by atoms with E-state index < -0.39 is 9.84 Å². The standard InChI is InChI=1S/C33H28BrFN6O3S2/c34-27-18-25(8-10-30(27)44-19-22-4-3-5-24(35)16-22)40-33-26-17-23(7-9-28(26)38-21-39-33)29-20-45-31(41-29)11-13-36-14-15-46(42,43)32-6-1-2-12-37-32/h1-10,12,16-18,20-21,36H,11,13-15,19H2,(H,38,39,40). The first-order valence-electron chi connectivity index (χ1n) is 14.3. The molecule has 0 bridgehead atoms. The van der Waals surface area contributed by atoms with Crippen molar-refractivity contribution in [2.24, 2.45) is 0 Å². The molecule has 3 aromatic carbocycles. The predicted octanol–water partition coefficient (Wildman–Crippen LogP) is 6.98. The minimum absolute atomic E-state index is 0.0197. The van der Waals surface area contributed by atoms with Crippen LogP contribution in [0.2, 0.25) is 0 Å². The fraction of sp³-hybridized carbons (Fsp3) is 0.152. The Bertz CT molecular complexity index is 2080. The van der Waals surface area contributed by atoms with Crippen LogP contribution in [-0.4, -0.2) is 47.2 Å². The summed E-state index contributed by atoms with van der Waals surface area (Å²) in [4.78, 5) is 17.7. The van der Waals surface area contributed by atoms with Crippen molar-refractivity contribution in [1.82, 2.24) is 25.3 Å². The van der Waals surface area contributed by atoms with Crippen molar-refractivity contribution in [2.45, 2.75) is 18.1 Å². The van der Waals surface area contributed by atoms with E-state index in [1.807, 2.05) is 47.8 Å². The van der Waals surface area contributed by atoms with E-state index in [4.69, 9.17) is 9.72 Å². The average Bonchev–Trinajstić information content (AvgIpc) is 3.54. The zero-order valence-electron chi connectivity index (χ0n) is 24.4. The van der Waals surface area contributed by atoms with E-state index in [1.54, 1.807) is 29.5 Å². The van der Waals surface area contributed by atoms with Gasteiger partial charge in [-0.1, -0.05) is 24.3 Å². The van der Waals surface area contributed by atoms with E-state index in [0.717, 1.165) is 42.9 Å². The number of fused-ring (bicyclic) bond motifs is 1. The normalized spacial score (nSPS) is 11.5. The Morgan fingerprint density at radius 2 is 1.85 bits per heavy atom. The second kappa shape index (κ2) is 14.4. The highest BCUT2D eigenvalue weighted by Crippen LogP contribution is 2.33. The smallest absolute Gasteiger partial charge is 0.196 e. The molecule has 0 atom stereocenters. The first-order valence-corrected chi connectivity index (χ1v) is 17.6. The van der Waals surface area contributed by atoms with Crippen molar-refractivity contribution in [2.75, 3.05) is 24.2 Å². The molecule has 0 saturated carbocycles. The van der Waals surface area contributed by atoms with Crippen LogP contribution in [0.5, 0.6) is 5.75 Å². The molecule has 0 aliphatic rings. The van der Waals surface area contributed by atoms with Gasteiger partial charge in [0.2, 0.25) is 0 Å². The lowest BCUT2D eigenvalue weighted by Crippen LogP contribution is -2.25. The Kier molecular flexibility index (Phi) is 9.93. The van der Waals surface area contributed by atoms with Crippen LogP contribution >= 0.6 is 27.3 Å². The van der Waals surface area contributed by atoms with E-state index >= 15 is 0 Å². The summed E-state index contributed by atoms with van der Waals surface area (Å²) in [6.07, 6.45) is 3.67. The van der Waals surface area contributed by atoms with E-state index in [-0.39, 0.29) is 23.2 Å². The maximum absolute atomic E-state index is 13.5. The molecular weight excluding hydrogens is 691 g/mol. The maximum atomic E-state index is 13.5. The third-order valence-corrected chi connectivity index (χ3v) is 10.1. The summed E-state index contributed by atoms with van der Waals surface area (Å²) in [5.74, 6) is 0.961.